The topological polar surface area (TPSA) is 120 Å². The van der Waals surface area contributed by atoms with E-state index in [9.17, 15) is 4.79 Å². The third-order valence-corrected chi connectivity index (χ3v) is 3.53. The summed E-state index contributed by atoms with van der Waals surface area (Å²) in [7, 11) is 0. The molecule has 0 aromatic carbocycles. The van der Waals surface area contributed by atoms with Gasteiger partial charge in [0.2, 0.25) is 5.89 Å². The highest BCUT2D eigenvalue weighted by atomic mass is 16.3. The van der Waals surface area contributed by atoms with Crippen LogP contribution in [0, 0.1) is 20.8 Å². The van der Waals surface area contributed by atoms with Gasteiger partial charge in [0.15, 0.2) is 11.5 Å². The highest BCUT2D eigenvalue weighted by molar-refractivity contribution is 5.96. The Morgan fingerprint density at radius 3 is 2.68 bits per heavy atom. The molecule has 0 aliphatic carbocycles. The van der Waals surface area contributed by atoms with Crippen molar-refractivity contribution in [2.75, 3.05) is 5.73 Å². The normalized spacial score (nSPS) is 10.7. The minimum Gasteiger partial charge on any atom is -0.443 e. The lowest BCUT2D eigenvalue weighted by molar-refractivity contribution is 0.0946. The summed E-state index contributed by atoms with van der Waals surface area (Å²) in [5, 5.41) is 2.77. The minimum atomic E-state index is -0.409. The van der Waals surface area contributed by atoms with Crippen LogP contribution in [-0.4, -0.2) is 25.8 Å². The van der Waals surface area contributed by atoms with Crippen molar-refractivity contribution < 1.29 is 9.21 Å². The van der Waals surface area contributed by atoms with Crippen molar-refractivity contribution in [3.05, 3.63) is 52.9 Å². The van der Waals surface area contributed by atoms with Gasteiger partial charge in [-0.15, -0.1) is 0 Å². The maximum absolute atomic E-state index is 12.4. The van der Waals surface area contributed by atoms with Crippen LogP contribution in [0.25, 0.3) is 11.6 Å². The number of oxazole rings is 1. The molecule has 0 fully saturated rings. The summed E-state index contributed by atoms with van der Waals surface area (Å²) in [6, 6.07) is 3.89. The molecule has 0 atom stereocenters. The van der Waals surface area contributed by atoms with E-state index in [2.05, 4.69) is 25.3 Å². The first-order valence-corrected chi connectivity index (χ1v) is 7.70. The zero-order chi connectivity index (χ0) is 18.0. The van der Waals surface area contributed by atoms with E-state index in [1.54, 1.807) is 6.92 Å². The summed E-state index contributed by atoms with van der Waals surface area (Å²) in [5.41, 5.74) is 9.63. The Morgan fingerprint density at radius 1 is 1.20 bits per heavy atom. The first kappa shape index (κ1) is 16.6. The van der Waals surface area contributed by atoms with Crippen LogP contribution in [0.1, 0.15) is 33.1 Å². The fourth-order valence-corrected chi connectivity index (χ4v) is 2.51. The molecule has 8 nitrogen and oxygen atoms in total. The molecule has 0 aliphatic rings. The number of aromatic nitrogens is 4. The maximum Gasteiger partial charge on any atom is 0.274 e. The molecule has 1 amide bonds. The average molecular weight is 338 g/mol. The molecule has 0 spiro atoms. The smallest absolute Gasteiger partial charge is 0.274 e. The quantitative estimate of drug-likeness (QED) is 0.746. The van der Waals surface area contributed by atoms with Gasteiger partial charge in [-0.3, -0.25) is 9.78 Å². The predicted octanol–water partition coefficient (Wildman–Crippen LogP) is 1.96. The number of hydrogen-bond donors (Lipinski definition) is 2. The molecular formula is C17H18N6O2. The standard InChI is InChI=1S/C17H18N6O2/c1-9-6-10(2)21-12(7-9)8-20-16(24)14-15(18)23-13(11(3)22-14)17-19-4-5-25-17/h4-7H,8H2,1-3H3,(H2,18,23)(H,20,24). The fraction of sp³-hybridized carbons (Fsp3) is 0.235. The molecule has 3 rings (SSSR count). The molecular weight excluding hydrogens is 320 g/mol. The summed E-state index contributed by atoms with van der Waals surface area (Å²) >= 11 is 0. The predicted molar refractivity (Wildman–Crippen MR) is 91.6 cm³/mol. The summed E-state index contributed by atoms with van der Waals surface area (Å²) in [5.74, 6) is -0.0826. The van der Waals surface area contributed by atoms with Crippen LogP contribution in [0.2, 0.25) is 0 Å². The zero-order valence-corrected chi connectivity index (χ0v) is 14.2. The molecule has 0 radical (unpaired) electrons. The molecule has 8 heteroatoms. The van der Waals surface area contributed by atoms with Gasteiger partial charge in [0.1, 0.15) is 12.0 Å². The average Bonchev–Trinajstić information content (AvgIpc) is 3.07. The van der Waals surface area contributed by atoms with Crippen molar-refractivity contribution >= 4 is 11.7 Å². The Balaban J connectivity index is 1.79. The van der Waals surface area contributed by atoms with E-state index >= 15 is 0 Å². The van der Waals surface area contributed by atoms with Gasteiger partial charge in [0.25, 0.3) is 5.91 Å². The van der Waals surface area contributed by atoms with Gasteiger partial charge < -0.3 is 15.5 Å². The van der Waals surface area contributed by atoms with Gasteiger partial charge in [-0.05, 0) is 38.5 Å². The molecule has 0 unspecified atom stereocenters. The molecule has 3 heterocycles. The van der Waals surface area contributed by atoms with E-state index in [0.29, 0.717) is 17.3 Å². The lowest BCUT2D eigenvalue weighted by atomic mass is 10.2. The van der Waals surface area contributed by atoms with Gasteiger partial charge >= 0.3 is 0 Å². The van der Waals surface area contributed by atoms with Gasteiger partial charge in [-0.2, -0.15) is 0 Å². The van der Waals surface area contributed by atoms with Crippen LogP contribution < -0.4 is 11.1 Å². The molecule has 128 valence electrons. The van der Waals surface area contributed by atoms with Crippen LogP contribution in [0.15, 0.2) is 29.0 Å². The number of nitrogens with two attached hydrogens (primary N) is 1. The zero-order valence-electron chi connectivity index (χ0n) is 14.2. The summed E-state index contributed by atoms with van der Waals surface area (Å²) < 4.78 is 5.21. The van der Waals surface area contributed by atoms with Crippen LogP contribution in [0.5, 0.6) is 0 Å². The van der Waals surface area contributed by atoms with Gasteiger partial charge in [-0.1, -0.05) is 0 Å². The number of nitrogens with one attached hydrogen (secondary N) is 1. The number of carbonyl (C=O) groups excluding carboxylic acids is 1. The molecule has 3 aromatic rings. The van der Waals surface area contributed by atoms with Gasteiger partial charge in [0.05, 0.1) is 24.1 Å². The van der Waals surface area contributed by atoms with Crippen LogP contribution in [0.4, 0.5) is 5.82 Å². The van der Waals surface area contributed by atoms with Gasteiger partial charge in [-0.25, -0.2) is 15.0 Å². The number of carbonyl (C=O) groups is 1. The van der Waals surface area contributed by atoms with Crippen molar-refractivity contribution in [1.29, 1.82) is 0 Å². The Labute approximate surface area is 144 Å². The second-order valence-corrected chi connectivity index (χ2v) is 5.69. The van der Waals surface area contributed by atoms with Crippen molar-refractivity contribution in [1.82, 2.24) is 25.3 Å². The van der Waals surface area contributed by atoms with Crippen molar-refractivity contribution in [2.24, 2.45) is 0 Å². The largest absolute Gasteiger partial charge is 0.443 e. The summed E-state index contributed by atoms with van der Waals surface area (Å²) in [6.07, 6.45) is 2.94. The first-order chi connectivity index (χ1) is 11.9. The SMILES string of the molecule is Cc1cc(C)nc(CNC(=O)c2nc(C)c(-c3ncco3)nc2N)c1. The lowest BCUT2D eigenvalue weighted by Crippen LogP contribution is -2.26. The number of nitrogen functional groups attached to an aromatic ring is 1. The van der Waals surface area contributed by atoms with Crippen LogP contribution in [-0.2, 0) is 6.54 Å². The Morgan fingerprint density at radius 2 is 2.00 bits per heavy atom. The Bertz CT molecular complexity index is 901. The maximum atomic E-state index is 12.4. The molecule has 25 heavy (non-hydrogen) atoms. The monoisotopic (exact) mass is 338 g/mol. The minimum absolute atomic E-state index is 0.0182. The highest BCUT2D eigenvalue weighted by Crippen LogP contribution is 2.20. The number of rotatable bonds is 4. The van der Waals surface area contributed by atoms with E-state index in [4.69, 9.17) is 10.2 Å². The number of aryl methyl sites for hydroxylation is 3. The van der Waals surface area contributed by atoms with E-state index in [1.807, 2.05) is 26.0 Å². The third-order valence-electron chi connectivity index (χ3n) is 3.53. The molecule has 3 N–H and O–H groups in total. The third kappa shape index (κ3) is 3.63. The number of pyridine rings is 1. The van der Waals surface area contributed by atoms with Gasteiger partial charge in [0, 0.05) is 5.69 Å². The number of amides is 1. The van der Waals surface area contributed by atoms with Crippen molar-refractivity contribution in [3.8, 4) is 11.6 Å². The molecule has 3 aromatic heterocycles. The second kappa shape index (κ2) is 6.68. The van der Waals surface area contributed by atoms with Crippen molar-refractivity contribution in [2.45, 2.75) is 27.3 Å². The molecule has 0 saturated carbocycles. The number of nitrogens with zero attached hydrogens (tertiary/aromatic N) is 4. The first-order valence-electron chi connectivity index (χ1n) is 7.70. The number of anilines is 1. The summed E-state index contributed by atoms with van der Waals surface area (Å²) in [4.78, 5) is 29.3. The molecule has 0 bridgehead atoms. The van der Waals surface area contributed by atoms with E-state index in [-0.39, 0.29) is 18.1 Å². The number of hydrogen-bond acceptors (Lipinski definition) is 7. The lowest BCUT2D eigenvalue weighted by Gasteiger charge is -2.09. The van der Waals surface area contributed by atoms with E-state index in [1.165, 1.54) is 12.5 Å². The van der Waals surface area contributed by atoms with E-state index < -0.39 is 5.91 Å². The van der Waals surface area contributed by atoms with Crippen molar-refractivity contribution in [3.63, 3.8) is 0 Å². The summed E-state index contributed by atoms with van der Waals surface area (Å²) in [6.45, 7) is 5.89. The fourth-order valence-electron chi connectivity index (χ4n) is 2.51. The highest BCUT2D eigenvalue weighted by Gasteiger charge is 2.18. The Kier molecular flexibility index (Phi) is 4.42. The van der Waals surface area contributed by atoms with Crippen LogP contribution in [0.3, 0.4) is 0 Å². The second-order valence-electron chi connectivity index (χ2n) is 5.69. The molecule has 0 saturated heterocycles. The Hall–Kier alpha value is -3.29. The van der Waals surface area contributed by atoms with E-state index in [0.717, 1.165) is 17.0 Å². The van der Waals surface area contributed by atoms with Crippen LogP contribution >= 0.6 is 0 Å². The molecule has 0 aliphatic heterocycles.